The first-order valence-corrected chi connectivity index (χ1v) is 11.3. The number of rotatable bonds is 7. The third kappa shape index (κ3) is 4.63. The number of hydrogen-bond acceptors (Lipinski definition) is 6. The number of nitrogens with one attached hydrogen (secondary N) is 1. The summed E-state index contributed by atoms with van der Waals surface area (Å²) in [5.74, 6) is 5.77. The number of carbonyl (C=O) groups excluding carboxylic acids is 3. The van der Waals surface area contributed by atoms with E-state index in [1.165, 1.54) is 6.08 Å². The number of aryl methyl sites for hydroxylation is 1. The first-order chi connectivity index (χ1) is 16.8. The topological polar surface area (TPSA) is 149 Å². The van der Waals surface area contributed by atoms with Gasteiger partial charge in [-0.2, -0.15) is 0 Å². The van der Waals surface area contributed by atoms with E-state index in [0.29, 0.717) is 35.7 Å². The maximum absolute atomic E-state index is 12.7. The van der Waals surface area contributed by atoms with Crippen molar-refractivity contribution >= 4 is 23.5 Å². The summed E-state index contributed by atoms with van der Waals surface area (Å²) in [6, 6.07) is 9.91. The average molecular weight is 474 g/mol. The predicted octanol–water partition coefficient (Wildman–Crippen LogP) is 2.42. The SMILES string of the molecule is C=CC(=O)N1CCC[C@H]1c1nc(-c2ccc(C(=O)Nc3cc(CC)ccn3)cc2)c(C(N)=O)n1N. The van der Waals surface area contributed by atoms with Crippen LogP contribution in [0.1, 0.15) is 58.0 Å². The lowest BCUT2D eigenvalue weighted by Crippen LogP contribution is -2.32. The highest BCUT2D eigenvalue weighted by Gasteiger charge is 2.34. The number of aromatic nitrogens is 3. The molecule has 35 heavy (non-hydrogen) atoms. The molecule has 5 N–H and O–H groups in total. The molecule has 10 heteroatoms. The maximum atomic E-state index is 12.7. The van der Waals surface area contributed by atoms with Crippen LogP contribution in [0.5, 0.6) is 0 Å². The second-order valence-corrected chi connectivity index (χ2v) is 8.23. The number of pyridine rings is 1. The van der Waals surface area contributed by atoms with E-state index in [1.54, 1.807) is 35.4 Å². The summed E-state index contributed by atoms with van der Waals surface area (Å²) in [6.45, 7) is 6.12. The molecule has 1 fully saturated rings. The molecule has 0 bridgehead atoms. The Kier molecular flexibility index (Phi) is 6.63. The first-order valence-electron chi connectivity index (χ1n) is 11.3. The Balaban J connectivity index is 1.63. The second-order valence-electron chi connectivity index (χ2n) is 8.23. The highest BCUT2D eigenvalue weighted by molar-refractivity contribution is 6.04. The van der Waals surface area contributed by atoms with Crippen molar-refractivity contribution in [2.75, 3.05) is 17.7 Å². The van der Waals surface area contributed by atoms with Crippen molar-refractivity contribution in [3.63, 3.8) is 0 Å². The van der Waals surface area contributed by atoms with E-state index in [1.807, 2.05) is 19.1 Å². The molecule has 1 saturated heterocycles. The van der Waals surface area contributed by atoms with Crippen molar-refractivity contribution in [3.8, 4) is 11.3 Å². The van der Waals surface area contributed by atoms with Gasteiger partial charge in [0.2, 0.25) is 5.91 Å². The number of likely N-dealkylation sites (tertiary alicyclic amines) is 1. The van der Waals surface area contributed by atoms with Crippen molar-refractivity contribution in [2.45, 2.75) is 32.2 Å². The van der Waals surface area contributed by atoms with Crippen molar-refractivity contribution in [1.29, 1.82) is 0 Å². The van der Waals surface area contributed by atoms with Crippen molar-refractivity contribution in [2.24, 2.45) is 5.73 Å². The van der Waals surface area contributed by atoms with Crippen LogP contribution in [0.3, 0.4) is 0 Å². The molecule has 180 valence electrons. The highest BCUT2D eigenvalue weighted by atomic mass is 16.2. The van der Waals surface area contributed by atoms with Crippen LogP contribution >= 0.6 is 0 Å². The summed E-state index contributed by atoms with van der Waals surface area (Å²) >= 11 is 0. The minimum Gasteiger partial charge on any atom is -0.364 e. The van der Waals surface area contributed by atoms with Crippen LogP contribution in [0.2, 0.25) is 0 Å². The van der Waals surface area contributed by atoms with E-state index in [-0.39, 0.29) is 23.2 Å². The number of hydrogen-bond donors (Lipinski definition) is 3. The number of amides is 3. The van der Waals surface area contributed by atoms with Gasteiger partial charge in [-0.15, -0.1) is 0 Å². The van der Waals surface area contributed by atoms with Crippen LogP contribution in [-0.4, -0.2) is 43.8 Å². The Labute approximate surface area is 202 Å². The van der Waals surface area contributed by atoms with Gasteiger partial charge in [-0.05, 0) is 55.2 Å². The van der Waals surface area contributed by atoms with E-state index >= 15 is 0 Å². The minimum absolute atomic E-state index is 0.0238. The van der Waals surface area contributed by atoms with E-state index in [0.717, 1.165) is 23.1 Å². The summed E-state index contributed by atoms with van der Waals surface area (Å²) in [5.41, 5.74) is 7.97. The first kappa shape index (κ1) is 23.7. The number of carbonyl (C=O) groups is 3. The molecule has 3 aromatic rings. The smallest absolute Gasteiger partial charge is 0.269 e. The number of imidazole rings is 1. The molecule has 0 saturated carbocycles. The molecular formula is C25H27N7O3. The molecule has 4 rings (SSSR count). The second kappa shape index (κ2) is 9.80. The lowest BCUT2D eigenvalue weighted by atomic mass is 10.1. The number of primary amides is 1. The normalized spacial score (nSPS) is 15.1. The van der Waals surface area contributed by atoms with E-state index in [2.05, 4.69) is 21.9 Å². The zero-order valence-electron chi connectivity index (χ0n) is 19.4. The predicted molar refractivity (Wildman–Crippen MR) is 132 cm³/mol. The lowest BCUT2D eigenvalue weighted by molar-refractivity contribution is -0.127. The van der Waals surface area contributed by atoms with Gasteiger partial charge >= 0.3 is 0 Å². The Morgan fingerprint density at radius 2 is 1.97 bits per heavy atom. The molecule has 0 spiro atoms. The van der Waals surface area contributed by atoms with Crippen molar-refractivity contribution in [3.05, 3.63) is 77.9 Å². The fraction of sp³-hybridized carbons (Fsp3) is 0.240. The lowest BCUT2D eigenvalue weighted by Gasteiger charge is -2.22. The summed E-state index contributed by atoms with van der Waals surface area (Å²) < 4.78 is 1.16. The summed E-state index contributed by atoms with van der Waals surface area (Å²) in [4.78, 5) is 47.6. The Morgan fingerprint density at radius 3 is 2.63 bits per heavy atom. The van der Waals surface area contributed by atoms with Gasteiger partial charge in [0.15, 0.2) is 11.5 Å². The van der Waals surface area contributed by atoms with Gasteiger partial charge in [0.1, 0.15) is 11.5 Å². The highest BCUT2D eigenvalue weighted by Crippen LogP contribution is 2.34. The molecule has 0 aliphatic carbocycles. The Hall–Kier alpha value is -4.47. The van der Waals surface area contributed by atoms with E-state index in [9.17, 15) is 14.4 Å². The van der Waals surface area contributed by atoms with Gasteiger partial charge in [-0.1, -0.05) is 25.6 Å². The molecule has 3 heterocycles. The number of nitrogens with two attached hydrogens (primary N) is 2. The van der Waals surface area contributed by atoms with Gasteiger partial charge < -0.3 is 21.8 Å². The molecule has 1 atom stereocenters. The molecular weight excluding hydrogens is 446 g/mol. The third-order valence-electron chi connectivity index (χ3n) is 6.08. The average Bonchev–Trinajstić information content (AvgIpc) is 3.48. The quantitative estimate of drug-likeness (QED) is 0.354. The minimum atomic E-state index is -0.746. The number of anilines is 1. The van der Waals surface area contributed by atoms with Crippen LogP contribution in [0.25, 0.3) is 11.3 Å². The van der Waals surface area contributed by atoms with E-state index in [4.69, 9.17) is 11.6 Å². The van der Waals surface area contributed by atoms with Crippen LogP contribution in [0, 0.1) is 0 Å². The van der Waals surface area contributed by atoms with Gasteiger partial charge in [0.05, 0.1) is 6.04 Å². The molecule has 3 amide bonds. The Bertz CT molecular complexity index is 1300. The summed E-state index contributed by atoms with van der Waals surface area (Å²) in [6.07, 6.45) is 5.15. The summed E-state index contributed by atoms with van der Waals surface area (Å²) in [5, 5.41) is 2.78. The summed E-state index contributed by atoms with van der Waals surface area (Å²) in [7, 11) is 0. The number of nitrogen functional groups attached to an aromatic ring is 1. The molecule has 1 aliphatic heterocycles. The van der Waals surface area contributed by atoms with Crippen molar-refractivity contribution < 1.29 is 14.4 Å². The van der Waals surface area contributed by atoms with Crippen molar-refractivity contribution in [1.82, 2.24) is 19.5 Å². The monoisotopic (exact) mass is 473 g/mol. The van der Waals surface area contributed by atoms with Gasteiger partial charge in [-0.3, -0.25) is 14.4 Å². The molecule has 0 unspecified atom stereocenters. The van der Waals surface area contributed by atoms with Gasteiger partial charge in [0.25, 0.3) is 11.8 Å². The molecule has 0 radical (unpaired) electrons. The Morgan fingerprint density at radius 1 is 1.23 bits per heavy atom. The largest absolute Gasteiger partial charge is 0.364 e. The third-order valence-corrected chi connectivity index (χ3v) is 6.08. The van der Waals surface area contributed by atoms with Crippen LogP contribution in [0.15, 0.2) is 55.3 Å². The molecule has 1 aromatic carbocycles. The van der Waals surface area contributed by atoms with E-state index < -0.39 is 11.9 Å². The fourth-order valence-electron chi connectivity index (χ4n) is 4.27. The van der Waals surface area contributed by atoms with Crippen LogP contribution in [-0.2, 0) is 11.2 Å². The zero-order valence-corrected chi connectivity index (χ0v) is 19.4. The molecule has 10 nitrogen and oxygen atoms in total. The molecule has 1 aliphatic rings. The van der Waals surface area contributed by atoms with Crippen LogP contribution < -0.4 is 16.9 Å². The maximum Gasteiger partial charge on any atom is 0.269 e. The van der Waals surface area contributed by atoms with Gasteiger partial charge in [-0.25, -0.2) is 14.6 Å². The van der Waals surface area contributed by atoms with Crippen LogP contribution in [0.4, 0.5) is 5.82 Å². The number of nitrogens with zero attached hydrogens (tertiary/aromatic N) is 4. The zero-order chi connectivity index (χ0) is 25.1. The molecule has 2 aromatic heterocycles. The van der Waals surface area contributed by atoms with Gasteiger partial charge in [0, 0.05) is 23.9 Å². The number of benzene rings is 1. The fourth-order valence-corrected chi connectivity index (χ4v) is 4.27. The standard InChI is InChI=1S/C25H27N7O3/c1-3-15-11-12-28-19(14-15)29-25(35)17-9-7-16(8-10-17)21-22(23(26)34)32(27)24(30-21)18-6-5-13-31(18)20(33)4-2/h4,7-12,14,18H,2-3,5-6,13,27H2,1H3,(H2,26,34)(H,28,29,35)/t18-/m0/s1.